The van der Waals surface area contributed by atoms with Gasteiger partial charge in [-0.15, -0.1) is 11.3 Å². The second-order valence-corrected chi connectivity index (χ2v) is 5.35. The van der Waals surface area contributed by atoms with Crippen molar-refractivity contribution in [1.82, 2.24) is 5.32 Å². The molecule has 0 radical (unpaired) electrons. The zero-order chi connectivity index (χ0) is 12.3. The van der Waals surface area contributed by atoms with Crippen LogP contribution in [0.2, 0.25) is 0 Å². The van der Waals surface area contributed by atoms with Crippen molar-refractivity contribution in [2.75, 3.05) is 13.7 Å². The van der Waals surface area contributed by atoms with E-state index in [1.165, 1.54) is 11.3 Å². The molecule has 1 heterocycles. The average Bonchev–Trinajstić information content (AvgIpc) is 2.95. The SMILES string of the molecule is COc1ccsc1C(=O)NCC1(O)CCCC1. The highest BCUT2D eigenvalue weighted by atomic mass is 32.1. The molecule has 1 aromatic rings. The van der Waals surface area contributed by atoms with Crippen molar-refractivity contribution < 1.29 is 14.6 Å². The first kappa shape index (κ1) is 12.4. The number of ether oxygens (including phenoxy) is 1. The lowest BCUT2D eigenvalue weighted by Crippen LogP contribution is -2.40. The van der Waals surface area contributed by atoms with Gasteiger partial charge >= 0.3 is 0 Å². The first-order valence-electron chi connectivity index (χ1n) is 5.77. The highest BCUT2D eigenvalue weighted by Gasteiger charge is 2.31. The average molecular weight is 255 g/mol. The van der Waals surface area contributed by atoms with E-state index in [2.05, 4.69) is 5.32 Å². The number of hydrogen-bond acceptors (Lipinski definition) is 4. The maximum absolute atomic E-state index is 11.9. The molecule has 0 aliphatic heterocycles. The minimum absolute atomic E-state index is 0.169. The summed E-state index contributed by atoms with van der Waals surface area (Å²) in [5.41, 5.74) is -0.708. The third-order valence-corrected chi connectivity index (χ3v) is 4.06. The number of hydrogen-bond donors (Lipinski definition) is 2. The van der Waals surface area contributed by atoms with Crippen molar-refractivity contribution in [3.05, 3.63) is 16.3 Å². The number of methoxy groups -OCH3 is 1. The van der Waals surface area contributed by atoms with Crippen LogP contribution in [0.3, 0.4) is 0 Å². The highest BCUT2D eigenvalue weighted by molar-refractivity contribution is 7.12. The predicted molar refractivity (Wildman–Crippen MR) is 66.6 cm³/mol. The Bertz CT molecular complexity index is 396. The summed E-state index contributed by atoms with van der Waals surface area (Å²) in [4.78, 5) is 12.5. The first-order valence-corrected chi connectivity index (χ1v) is 6.65. The Morgan fingerprint density at radius 1 is 1.59 bits per heavy atom. The van der Waals surface area contributed by atoms with Crippen molar-refractivity contribution in [2.24, 2.45) is 0 Å². The van der Waals surface area contributed by atoms with Gasteiger partial charge in [-0.05, 0) is 24.3 Å². The summed E-state index contributed by atoms with van der Waals surface area (Å²) in [5, 5.41) is 14.7. The molecule has 94 valence electrons. The second kappa shape index (κ2) is 5.06. The van der Waals surface area contributed by atoms with Gasteiger partial charge in [-0.3, -0.25) is 4.79 Å². The molecule has 4 nitrogen and oxygen atoms in total. The third kappa shape index (κ3) is 2.79. The van der Waals surface area contributed by atoms with Crippen molar-refractivity contribution in [1.29, 1.82) is 0 Å². The first-order chi connectivity index (χ1) is 8.14. The Kier molecular flexibility index (Phi) is 3.69. The van der Waals surface area contributed by atoms with E-state index in [-0.39, 0.29) is 5.91 Å². The fraction of sp³-hybridized carbons (Fsp3) is 0.583. The summed E-state index contributed by atoms with van der Waals surface area (Å²) < 4.78 is 5.09. The van der Waals surface area contributed by atoms with Gasteiger partial charge in [0.25, 0.3) is 5.91 Å². The molecule has 5 heteroatoms. The van der Waals surface area contributed by atoms with Crippen LogP contribution < -0.4 is 10.1 Å². The third-order valence-electron chi connectivity index (χ3n) is 3.17. The molecule has 0 unspecified atom stereocenters. The summed E-state index contributed by atoms with van der Waals surface area (Å²) in [7, 11) is 1.54. The van der Waals surface area contributed by atoms with Gasteiger partial charge in [-0.2, -0.15) is 0 Å². The van der Waals surface area contributed by atoms with Crippen LogP contribution in [-0.4, -0.2) is 30.3 Å². The normalized spacial score (nSPS) is 18.0. The van der Waals surface area contributed by atoms with Gasteiger partial charge in [0.15, 0.2) is 0 Å². The Labute approximate surface area is 105 Å². The lowest BCUT2D eigenvalue weighted by molar-refractivity contribution is 0.0450. The van der Waals surface area contributed by atoms with Crippen molar-refractivity contribution in [3.8, 4) is 5.75 Å². The maximum atomic E-state index is 11.9. The summed E-state index contributed by atoms with van der Waals surface area (Å²) in [6, 6.07) is 1.77. The summed E-state index contributed by atoms with van der Waals surface area (Å²) in [6.45, 7) is 0.326. The smallest absolute Gasteiger partial charge is 0.265 e. The number of nitrogens with one attached hydrogen (secondary N) is 1. The fourth-order valence-corrected chi connectivity index (χ4v) is 2.93. The molecule has 1 saturated carbocycles. The quantitative estimate of drug-likeness (QED) is 0.862. The Balaban J connectivity index is 1.93. The van der Waals surface area contributed by atoms with Gasteiger partial charge < -0.3 is 15.2 Å². The molecule has 0 spiro atoms. The van der Waals surface area contributed by atoms with Gasteiger partial charge in [0.1, 0.15) is 10.6 Å². The Hall–Kier alpha value is -1.07. The van der Waals surface area contributed by atoms with Crippen molar-refractivity contribution in [2.45, 2.75) is 31.3 Å². The van der Waals surface area contributed by atoms with Gasteiger partial charge in [0, 0.05) is 6.54 Å². The van der Waals surface area contributed by atoms with Gasteiger partial charge in [0.2, 0.25) is 0 Å². The number of aliphatic hydroxyl groups is 1. The van der Waals surface area contributed by atoms with Crippen LogP contribution in [0.4, 0.5) is 0 Å². The molecule has 17 heavy (non-hydrogen) atoms. The molecule has 1 fully saturated rings. The lowest BCUT2D eigenvalue weighted by Gasteiger charge is -2.22. The van der Waals surface area contributed by atoms with Gasteiger partial charge in [0.05, 0.1) is 12.7 Å². The minimum atomic E-state index is -0.708. The number of rotatable bonds is 4. The van der Waals surface area contributed by atoms with Crippen molar-refractivity contribution >= 4 is 17.2 Å². The van der Waals surface area contributed by atoms with E-state index in [1.54, 1.807) is 13.2 Å². The summed E-state index contributed by atoms with van der Waals surface area (Å²) in [6.07, 6.45) is 3.62. The van der Waals surface area contributed by atoms with E-state index in [0.29, 0.717) is 17.2 Å². The molecular weight excluding hydrogens is 238 g/mol. The van der Waals surface area contributed by atoms with E-state index >= 15 is 0 Å². The zero-order valence-corrected chi connectivity index (χ0v) is 10.7. The molecule has 1 aliphatic carbocycles. The predicted octanol–water partition coefficient (Wildman–Crippen LogP) is 1.79. The number of thiophene rings is 1. The molecule has 0 atom stereocenters. The molecular formula is C12H17NO3S. The van der Waals surface area contributed by atoms with Crippen LogP contribution in [0, 0.1) is 0 Å². The van der Waals surface area contributed by atoms with Crippen LogP contribution >= 0.6 is 11.3 Å². The zero-order valence-electron chi connectivity index (χ0n) is 9.86. The molecule has 1 aliphatic rings. The van der Waals surface area contributed by atoms with Crippen LogP contribution in [0.25, 0.3) is 0 Å². The Morgan fingerprint density at radius 2 is 2.29 bits per heavy atom. The molecule has 0 saturated heterocycles. The fourth-order valence-electron chi connectivity index (χ4n) is 2.16. The molecule has 2 N–H and O–H groups in total. The van der Waals surface area contributed by atoms with E-state index in [1.807, 2.05) is 5.38 Å². The van der Waals surface area contributed by atoms with Crippen LogP contribution in [0.1, 0.15) is 35.4 Å². The van der Waals surface area contributed by atoms with Crippen LogP contribution in [0.15, 0.2) is 11.4 Å². The van der Waals surface area contributed by atoms with E-state index in [4.69, 9.17) is 4.74 Å². The van der Waals surface area contributed by atoms with Crippen LogP contribution in [-0.2, 0) is 0 Å². The standard InChI is InChI=1S/C12H17NO3S/c1-16-9-4-7-17-10(9)11(14)13-8-12(15)5-2-3-6-12/h4,7,15H,2-3,5-6,8H2,1H3,(H,13,14). The number of amides is 1. The second-order valence-electron chi connectivity index (χ2n) is 4.43. The molecule has 1 aromatic heterocycles. The van der Waals surface area contributed by atoms with E-state index in [0.717, 1.165) is 25.7 Å². The molecule has 1 amide bonds. The topological polar surface area (TPSA) is 58.6 Å². The van der Waals surface area contributed by atoms with E-state index < -0.39 is 5.60 Å². The van der Waals surface area contributed by atoms with Gasteiger partial charge in [-0.25, -0.2) is 0 Å². The highest BCUT2D eigenvalue weighted by Crippen LogP contribution is 2.29. The Morgan fingerprint density at radius 3 is 2.94 bits per heavy atom. The number of carbonyl (C=O) groups excluding carboxylic acids is 1. The maximum Gasteiger partial charge on any atom is 0.265 e. The minimum Gasteiger partial charge on any atom is -0.495 e. The summed E-state index contributed by atoms with van der Waals surface area (Å²) >= 11 is 1.34. The lowest BCUT2D eigenvalue weighted by atomic mass is 10.0. The van der Waals surface area contributed by atoms with Crippen LogP contribution in [0.5, 0.6) is 5.75 Å². The number of carbonyl (C=O) groups is 1. The largest absolute Gasteiger partial charge is 0.495 e. The molecule has 2 rings (SSSR count). The monoisotopic (exact) mass is 255 g/mol. The molecule has 0 aromatic carbocycles. The van der Waals surface area contributed by atoms with Gasteiger partial charge in [-0.1, -0.05) is 12.8 Å². The van der Waals surface area contributed by atoms with E-state index in [9.17, 15) is 9.90 Å². The molecule has 0 bridgehead atoms. The van der Waals surface area contributed by atoms with Crippen molar-refractivity contribution in [3.63, 3.8) is 0 Å². The summed E-state index contributed by atoms with van der Waals surface area (Å²) in [5.74, 6) is 0.420.